The zero-order valence-corrected chi connectivity index (χ0v) is 11.1. The summed E-state index contributed by atoms with van der Waals surface area (Å²) >= 11 is 0. The van der Waals surface area contributed by atoms with Crippen molar-refractivity contribution in [3.05, 3.63) is 71.3 Å². The lowest BCUT2D eigenvalue weighted by atomic mass is 10.1. The minimum absolute atomic E-state index is 0.195. The summed E-state index contributed by atoms with van der Waals surface area (Å²) in [5.74, 6) is -0.195. The Morgan fingerprint density at radius 1 is 1.00 bits per heavy atom. The van der Waals surface area contributed by atoms with Crippen molar-refractivity contribution < 1.29 is 4.79 Å². The molecule has 0 aliphatic carbocycles. The monoisotopic (exact) mass is 252 g/mol. The highest BCUT2D eigenvalue weighted by molar-refractivity contribution is 6.00. The summed E-state index contributed by atoms with van der Waals surface area (Å²) < 4.78 is 0. The van der Waals surface area contributed by atoms with Crippen molar-refractivity contribution >= 4 is 11.6 Å². The van der Waals surface area contributed by atoms with Gasteiger partial charge in [-0.2, -0.15) is 5.10 Å². The number of nitrogens with one attached hydrogen (secondary N) is 1. The number of rotatable bonds is 3. The molecule has 2 aromatic rings. The van der Waals surface area contributed by atoms with Gasteiger partial charge in [0.1, 0.15) is 0 Å². The molecule has 1 N–H and O–H groups in total. The maximum absolute atomic E-state index is 11.9. The third-order valence-corrected chi connectivity index (χ3v) is 2.80. The van der Waals surface area contributed by atoms with Crippen molar-refractivity contribution in [1.82, 2.24) is 5.43 Å². The van der Waals surface area contributed by atoms with E-state index in [0.717, 1.165) is 16.8 Å². The topological polar surface area (TPSA) is 41.5 Å². The van der Waals surface area contributed by atoms with Gasteiger partial charge in [-0.25, -0.2) is 5.43 Å². The number of carbonyl (C=O) groups is 1. The van der Waals surface area contributed by atoms with Crippen LogP contribution < -0.4 is 5.43 Å². The highest BCUT2D eigenvalue weighted by atomic mass is 16.2. The van der Waals surface area contributed by atoms with Gasteiger partial charge in [0, 0.05) is 5.56 Å². The minimum atomic E-state index is -0.195. The molecule has 3 nitrogen and oxygen atoms in total. The molecule has 19 heavy (non-hydrogen) atoms. The van der Waals surface area contributed by atoms with Gasteiger partial charge in [-0.05, 0) is 31.5 Å². The lowest BCUT2D eigenvalue weighted by Crippen LogP contribution is -2.19. The molecule has 0 heterocycles. The molecule has 0 fully saturated rings. The van der Waals surface area contributed by atoms with E-state index in [1.165, 1.54) is 0 Å². The second kappa shape index (κ2) is 5.96. The van der Waals surface area contributed by atoms with E-state index in [4.69, 9.17) is 0 Å². The molecule has 0 spiro atoms. The van der Waals surface area contributed by atoms with Gasteiger partial charge in [0.15, 0.2) is 0 Å². The first-order valence-electron chi connectivity index (χ1n) is 6.13. The van der Waals surface area contributed by atoms with Gasteiger partial charge in [-0.1, -0.05) is 48.0 Å². The van der Waals surface area contributed by atoms with Gasteiger partial charge in [0.25, 0.3) is 5.91 Å². The molecule has 3 heteroatoms. The third kappa shape index (κ3) is 3.52. The van der Waals surface area contributed by atoms with E-state index in [1.54, 1.807) is 6.07 Å². The van der Waals surface area contributed by atoms with Crippen LogP contribution in [0.1, 0.15) is 28.4 Å². The lowest BCUT2D eigenvalue weighted by molar-refractivity contribution is 0.0954. The number of aryl methyl sites for hydroxylation is 1. The summed E-state index contributed by atoms with van der Waals surface area (Å²) in [5, 5.41) is 4.12. The van der Waals surface area contributed by atoms with Crippen LogP contribution in [-0.4, -0.2) is 11.6 Å². The summed E-state index contributed by atoms with van der Waals surface area (Å²) in [6.45, 7) is 3.82. The van der Waals surface area contributed by atoms with Crippen LogP contribution in [-0.2, 0) is 0 Å². The average Bonchev–Trinajstić information content (AvgIpc) is 2.45. The first-order chi connectivity index (χ1) is 9.16. The molecule has 0 aliphatic heterocycles. The Morgan fingerprint density at radius 2 is 1.68 bits per heavy atom. The van der Waals surface area contributed by atoms with E-state index in [0.29, 0.717) is 5.56 Å². The summed E-state index contributed by atoms with van der Waals surface area (Å²) in [4.78, 5) is 11.9. The van der Waals surface area contributed by atoms with Gasteiger partial charge in [-0.3, -0.25) is 4.79 Å². The zero-order chi connectivity index (χ0) is 13.7. The molecule has 1 amide bonds. The van der Waals surface area contributed by atoms with Gasteiger partial charge in [0.05, 0.1) is 5.71 Å². The molecule has 0 radical (unpaired) electrons. The third-order valence-electron chi connectivity index (χ3n) is 2.80. The fourth-order valence-corrected chi connectivity index (χ4v) is 1.73. The van der Waals surface area contributed by atoms with E-state index in [1.807, 2.05) is 62.4 Å². The lowest BCUT2D eigenvalue weighted by Gasteiger charge is -2.03. The molecule has 0 unspecified atom stereocenters. The van der Waals surface area contributed by atoms with Gasteiger partial charge >= 0.3 is 0 Å². The van der Waals surface area contributed by atoms with Crippen LogP contribution in [0.15, 0.2) is 59.7 Å². The maximum Gasteiger partial charge on any atom is 0.271 e. The predicted molar refractivity (Wildman–Crippen MR) is 77.3 cm³/mol. The van der Waals surface area contributed by atoms with Crippen molar-refractivity contribution in [3.8, 4) is 0 Å². The summed E-state index contributed by atoms with van der Waals surface area (Å²) in [7, 11) is 0. The summed E-state index contributed by atoms with van der Waals surface area (Å²) in [6.07, 6.45) is 0. The Kier molecular flexibility index (Phi) is 4.08. The Bertz CT molecular complexity index is 603. The van der Waals surface area contributed by atoms with Crippen molar-refractivity contribution in [1.29, 1.82) is 0 Å². The fraction of sp³-hybridized carbons (Fsp3) is 0.125. The van der Waals surface area contributed by atoms with E-state index in [9.17, 15) is 4.79 Å². The normalized spacial score (nSPS) is 11.2. The first kappa shape index (κ1) is 13.0. The predicted octanol–water partition coefficient (Wildman–Crippen LogP) is 3.15. The van der Waals surface area contributed by atoms with Crippen LogP contribution in [0.2, 0.25) is 0 Å². The Morgan fingerprint density at radius 3 is 2.37 bits per heavy atom. The molecule has 0 saturated heterocycles. The van der Waals surface area contributed by atoms with Gasteiger partial charge in [-0.15, -0.1) is 0 Å². The number of nitrogens with zero attached hydrogens (tertiary/aromatic N) is 1. The van der Waals surface area contributed by atoms with Crippen LogP contribution in [0.3, 0.4) is 0 Å². The largest absolute Gasteiger partial charge is 0.271 e. The number of carbonyl (C=O) groups excluding carboxylic acids is 1. The van der Waals surface area contributed by atoms with Crippen LogP contribution in [0, 0.1) is 6.92 Å². The van der Waals surface area contributed by atoms with Crippen molar-refractivity contribution in [2.24, 2.45) is 5.10 Å². The molecule has 0 aliphatic rings. The van der Waals surface area contributed by atoms with E-state index < -0.39 is 0 Å². The number of hydrazone groups is 1. The molecule has 0 atom stereocenters. The van der Waals surface area contributed by atoms with Crippen molar-refractivity contribution in [2.45, 2.75) is 13.8 Å². The van der Waals surface area contributed by atoms with Crippen LogP contribution in [0.5, 0.6) is 0 Å². The minimum Gasteiger partial charge on any atom is -0.267 e. The SMILES string of the molecule is C/C(=N/NC(=O)c1cccc(C)c1)c1ccccc1. The number of hydrogen-bond acceptors (Lipinski definition) is 2. The van der Waals surface area contributed by atoms with Crippen LogP contribution in [0.4, 0.5) is 0 Å². The van der Waals surface area contributed by atoms with Crippen LogP contribution in [0.25, 0.3) is 0 Å². The average molecular weight is 252 g/mol. The molecule has 0 bridgehead atoms. The summed E-state index contributed by atoms with van der Waals surface area (Å²) in [5.41, 5.74) is 6.01. The first-order valence-corrected chi connectivity index (χ1v) is 6.13. The van der Waals surface area contributed by atoms with E-state index >= 15 is 0 Å². The zero-order valence-electron chi connectivity index (χ0n) is 11.1. The fourth-order valence-electron chi connectivity index (χ4n) is 1.73. The van der Waals surface area contributed by atoms with Gasteiger partial charge < -0.3 is 0 Å². The number of amides is 1. The smallest absolute Gasteiger partial charge is 0.267 e. The van der Waals surface area contributed by atoms with Crippen LogP contribution >= 0.6 is 0 Å². The molecule has 2 rings (SSSR count). The molecular formula is C16H16N2O. The second-order valence-corrected chi connectivity index (χ2v) is 4.37. The van der Waals surface area contributed by atoms with Crippen molar-refractivity contribution in [2.75, 3.05) is 0 Å². The van der Waals surface area contributed by atoms with Gasteiger partial charge in [0.2, 0.25) is 0 Å². The molecule has 0 aromatic heterocycles. The highest BCUT2D eigenvalue weighted by Gasteiger charge is 2.04. The highest BCUT2D eigenvalue weighted by Crippen LogP contribution is 2.04. The Labute approximate surface area is 113 Å². The number of hydrogen-bond donors (Lipinski definition) is 1. The molecule has 2 aromatic carbocycles. The summed E-state index contributed by atoms with van der Waals surface area (Å²) in [6, 6.07) is 17.2. The number of benzene rings is 2. The molecule has 0 saturated carbocycles. The van der Waals surface area contributed by atoms with Crippen molar-refractivity contribution in [3.63, 3.8) is 0 Å². The quantitative estimate of drug-likeness (QED) is 0.661. The molecular weight excluding hydrogens is 236 g/mol. The standard InChI is InChI=1S/C16H16N2O/c1-12-7-6-10-15(11-12)16(19)18-17-13(2)14-8-4-3-5-9-14/h3-11H,1-2H3,(H,18,19)/b17-13-. The van der Waals surface area contributed by atoms with E-state index in [2.05, 4.69) is 10.5 Å². The molecule has 96 valence electrons. The Balaban J connectivity index is 2.08. The maximum atomic E-state index is 11.9. The second-order valence-electron chi connectivity index (χ2n) is 4.37. The van der Waals surface area contributed by atoms with E-state index in [-0.39, 0.29) is 5.91 Å². The Hall–Kier alpha value is -2.42.